The van der Waals surface area contributed by atoms with E-state index in [0.717, 1.165) is 15.7 Å². The Balaban J connectivity index is 1.66. The van der Waals surface area contributed by atoms with Crippen molar-refractivity contribution in [2.45, 2.75) is 12.1 Å². The molecule has 0 aliphatic carbocycles. The van der Waals surface area contributed by atoms with Crippen LogP contribution in [0.4, 0.5) is 5.69 Å². The fraction of sp³-hybridized carbons (Fsp3) is 0.190. The van der Waals surface area contributed by atoms with Gasteiger partial charge in [0.15, 0.2) is 5.78 Å². The fourth-order valence-corrected chi connectivity index (χ4v) is 4.99. The molecule has 3 aliphatic heterocycles. The van der Waals surface area contributed by atoms with Gasteiger partial charge >= 0.3 is 0 Å². The summed E-state index contributed by atoms with van der Waals surface area (Å²) in [6.07, 6.45) is 3.80. The van der Waals surface area contributed by atoms with E-state index in [4.69, 9.17) is 11.6 Å². The highest BCUT2D eigenvalue weighted by atomic mass is 79.9. The number of Topliss-reactive ketones (excluding diaryl/α,β-unsaturated/α-hetero) is 1. The van der Waals surface area contributed by atoms with Crippen molar-refractivity contribution >= 4 is 56.9 Å². The first-order valence-corrected chi connectivity index (χ1v) is 10.0. The van der Waals surface area contributed by atoms with E-state index in [2.05, 4.69) is 21.2 Å². The van der Waals surface area contributed by atoms with Crippen LogP contribution in [0.25, 0.3) is 6.08 Å². The van der Waals surface area contributed by atoms with Crippen LogP contribution in [0.2, 0.25) is 5.02 Å². The molecule has 5 rings (SSSR count). The molecule has 2 aromatic rings. The summed E-state index contributed by atoms with van der Waals surface area (Å²) < 4.78 is 0.862. The van der Waals surface area contributed by atoms with Gasteiger partial charge in [-0.2, -0.15) is 0 Å². The number of nitrogens with one attached hydrogen (secondary N) is 1. The van der Waals surface area contributed by atoms with Crippen LogP contribution in [0, 0.1) is 11.8 Å². The minimum absolute atomic E-state index is 0.175. The molecule has 2 fully saturated rings. The summed E-state index contributed by atoms with van der Waals surface area (Å²) in [5, 5.41) is 3.00. The average molecular weight is 458 g/mol. The second-order valence-electron chi connectivity index (χ2n) is 7.18. The maximum atomic E-state index is 13.5. The van der Waals surface area contributed by atoms with Crippen molar-refractivity contribution in [3.63, 3.8) is 0 Å². The van der Waals surface area contributed by atoms with Gasteiger partial charge in [0.2, 0.25) is 11.8 Å². The molecule has 140 valence electrons. The number of halogens is 2. The van der Waals surface area contributed by atoms with E-state index in [1.54, 1.807) is 30.3 Å². The van der Waals surface area contributed by atoms with E-state index in [1.807, 2.05) is 29.2 Å². The van der Waals surface area contributed by atoms with Crippen molar-refractivity contribution in [1.82, 2.24) is 5.32 Å². The quantitative estimate of drug-likeness (QED) is 0.554. The lowest BCUT2D eigenvalue weighted by Gasteiger charge is -2.35. The van der Waals surface area contributed by atoms with Crippen LogP contribution < -0.4 is 10.2 Å². The monoisotopic (exact) mass is 456 g/mol. The Kier molecular flexibility index (Phi) is 3.96. The van der Waals surface area contributed by atoms with Gasteiger partial charge in [0.25, 0.3) is 0 Å². The Hall–Kier alpha value is -2.44. The van der Waals surface area contributed by atoms with Gasteiger partial charge in [-0.3, -0.25) is 19.7 Å². The van der Waals surface area contributed by atoms with Gasteiger partial charge in [-0.25, -0.2) is 0 Å². The molecule has 0 unspecified atom stereocenters. The molecule has 1 N–H and O–H groups in total. The third-order valence-corrected chi connectivity index (χ3v) is 6.47. The summed E-state index contributed by atoms with van der Waals surface area (Å²) >= 11 is 9.50. The molecule has 2 amide bonds. The fourth-order valence-electron chi connectivity index (χ4n) is 4.55. The van der Waals surface area contributed by atoms with Gasteiger partial charge in [0.1, 0.15) is 6.04 Å². The van der Waals surface area contributed by atoms with Crippen LogP contribution in [-0.2, 0) is 9.59 Å². The highest BCUT2D eigenvalue weighted by Gasteiger charge is 2.61. The summed E-state index contributed by atoms with van der Waals surface area (Å²) in [7, 11) is 0. The summed E-state index contributed by atoms with van der Waals surface area (Å²) in [5.74, 6) is -2.19. The Bertz CT molecular complexity index is 1070. The van der Waals surface area contributed by atoms with E-state index < -0.39 is 17.9 Å². The molecular formula is C21H14BrClN2O3. The Morgan fingerprint density at radius 3 is 2.50 bits per heavy atom. The Labute approximate surface area is 174 Å². The number of nitrogens with zero attached hydrogens (tertiary/aromatic N) is 1. The molecule has 2 saturated heterocycles. The number of fused-ring (bicyclic) bond motifs is 5. The lowest BCUT2D eigenvalue weighted by atomic mass is 9.86. The molecule has 3 aliphatic rings. The van der Waals surface area contributed by atoms with Gasteiger partial charge < -0.3 is 4.90 Å². The van der Waals surface area contributed by atoms with Gasteiger partial charge in [-0.1, -0.05) is 51.8 Å². The molecule has 2 aromatic carbocycles. The van der Waals surface area contributed by atoms with Crippen molar-refractivity contribution in [3.8, 4) is 0 Å². The van der Waals surface area contributed by atoms with Gasteiger partial charge in [0, 0.05) is 20.7 Å². The third kappa shape index (κ3) is 2.48. The maximum Gasteiger partial charge on any atom is 0.233 e. The molecule has 7 heteroatoms. The highest BCUT2D eigenvalue weighted by molar-refractivity contribution is 9.10. The van der Waals surface area contributed by atoms with Gasteiger partial charge in [-0.05, 0) is 35.9 Å². The van der Waals surface area contributed by atoms with Crippen molar-refractivity contribution in [2.24, 2.45) is 11.8 Å². The second kappa shape index (κ2) is 6.29. The number of carbonyl (C=O) groups excluding carboxylic acids is 3. The molecule has 0 radical (unpaired) electrons. The summed E-state index contributed by atoms with van der Waals surface area (Å²) in [4.78, 5) is 40.5. The first-order valence-electron chi connectivity index (χ1n) is 8.86. The number of anilines is 1. The zero-order chi connectivity index (χ0) is 19.6. The van der Waals surface area contributed by atoms with Crippen LogP contribution in [-0.4, -0.2) is 29.7 Å². The number of benzene rings is 2. The number of carbonyl (C=O) groups is 3. The first-order chi connectivity index (χ1) is 13.5. The highest BCUT2D eigenvalue weighted by Crippen LogP contribution is 2.47. The lowest BCUT2D eigenvalue weighted by molar-refractivity contribution is -0.126. The van der Waals surface area contributed by atoms with E-state index in [1.165, 1.54) is 0 Å². The van der Waals surface area contributed by atoms with Crippen LogP contribution in [0.5, 0.6) is 0 Å². The van der Waals surface area contributed by atoms with Crippen molar-refractivity contribution in [1.29, 1.82) is 0 Å². The standard InChI is InChI=1S/C21H14BrClN2O3/c22-12-4-1-10(2-5-12)19(26)18-17-16(20(27)24-21(17)28)15-7-3-11-9-13(23)6-8-14(11)25(15)18/h1-9,15-18H,(H,24,27,28)/t15-,16-,17-,18-/m0/s1. The van der Waals surface area contributed by atoms with Crippen molar-refractivity contribution < 1.29 is 14.4 Å². The van der Waals surface area contributed by atoms with Gasteiger partial charge in [-0.15, -0.1) is 0 Å². The lowest BCUT2D eigenvalue weighted by Crippen LogP contribution is -2.47. The van der Waals surface area contributed by atoms with Crippen LogP contribution >= 0.6 is 27.5 Å². The zero-order valence-corrected chi connectivity index (χ0v) is 16.8. The smallest absolute Gasteiger partial charge is 0.233 e. The number of amides is 2. The molecule has 4 atom stereocenters. The number of hydrogen-bond donors (Lipinski definition) is 1. The van der Waals surface area contributed by atoms with E-state index in [9.17, 15) is 14.4 Å². The topological polar surface area (TPSA) is 66.5 Å². The maximum absolute atomic E-state index is 13.5. The van der Waals surface area contributed by atoms with Crippen LogP contribution in [0.3, 0.4) is 0 Å². The summed E-state index contributed by atoms with van der Waals surface area (Å²) in [5.41, 5.74) is 2.18. The van der Waals surface area contributed by atoms with Crippen molar-refractivity contribution in [3.05, 3.63) is 69.2 Å². The molecule has 3 heterocycles. The number of hydrogen-bond acceptors (Lipinski definition) is 4. The molecule has 28 heavy (non-hydrogen) atoms. The number of rotatable bonds is 2. The Morgan fingerprint density at radius 2 is 1.75 bits per heavy atom. The predicted octanol–water partition coefficient (Wildman–Crippen LogP) is 3.46. The normalized spacial score (nSPS) is 27.3. The summed E-state index contributed by atoms with van der Waals surface area (Å²) in [6, 6.07) is 11.4. The van der Waals surface area contributed by atoms with Crippen LogP contribution in [0.1, 0.15) is 15.9 Å². The van der Waals surface area contributed by atoms with Gasteiger partial charge in [0.05, 0.1) is 17.9 Å². The minimum Gasteiger partial charge on any atom is -0.352 e. The van der Waals surface area contributed by atoms with E-state index >= 15 is 0 Å². The van der Waals surface area contributed by atoms with E-state index in [-0.39, 0.29) is 23.6 Å². The first kappa shape index (κ1) is 17.6. The molecule has 0 aromatic heterocycles. The summed E-state index contributed by atoms with van der Waals surface area (Å²) in [6.45, 7) is 0. The SMILES string of the molecule is O=C1NC(=O)[C@H]2[C@@H]1[C@@H]1C=Cc3cc(Cl)ccc3N1[C@@H]2C(=O)c1ccc(Br)cc1. The molecule has 0 saturated carbocycles. The third-order valence-electron chi connectivity index (χ3n) is 5.71. The average Bonchev–Trinajstić information content (AvgIpc) is 3.17. The predicted molar refractivity (Wildman–Crippen MR) is 109 cm³/mol. The minimum atomic E-state index is -0.757. The number of ketones is 1. The molecule has 0 spiro atoms. The molecule has 0 bridgehead atoms. The molecule has 5 nitrogen and oxygen atoms in total. The van der Waals surface area contributed by atoms with E-state index in [0.29, 0.717) is 10.6 Å². The zero-order valence-electron chi connectivity index (χ0n) is 14.4. The number of imide groups is 1. The Morgan fingerprint density at radius 1 is 1.04 bits per heavy atom. The molecular weight excluding hydrogens is 444 g/mol. The second-order valence-corrected chi connectivity index (χ2v) is 8.53. The van der Waals surface area contributed by atoms with Crippen molar-refractivity contribution in [2.75, 3.05) is 4.90 Å². The largest absolute Gasteiger partial charge is 0.352 e. The van der Waals surface area contributed by atoms with Crippen LogP contribution in [0.15, 0.2) is 53.0 Å².